The number of aryl methyl sites for hydroxylation is 2. The Bertz CT molecular complexity index is 572. The minimum Gasteiger partial charge on any atom is -0.357 e. The molecule has 0 N–H and O–H groups in total. The van der Waals surface area contributed by atoms with Gasteiger partial charge in [0.2, 0.25) is 0 Å². The molecule has 2 atom stereocenters. The molecule has 0 spiro atoms. The van der Waals surface area contributed by atoms with Crippen LogP contribution in [-0.2, 0) is 4.74 Å². The second-order valence-corrected chi connectivity index (χ2v) is 5.16. The zero-order valence-electron chi connectivity index (χ0n) is 12.8. The van der Waals surface area contributed by atoms with Crippen LogP contribution in [0.1, 0.15) is 34.5 Å². The van der Waals surface area contributed by atoms with Crippen LogP contribution in [0.25, 0.3) is 0 Å². The summed E-state index contributed by atoms with van der Waals surface area (Å²) in [5.74, 6) is 0. The Kier molecular flexibility index (Phi) is 5.13. The molecule has 0 heterocycles. The summed E-state index contributed by atoms with van der Waals surface area (Å²) in [4.78, 5) is 0. The van der Waals surface area contributed by atoms with Crippen molar-refractivity contribution in [3.63, 3.8) is 0 Å². The molecule has 0 bridgehead atoms. The van der Waals surface area contributed by atoms with Gasteiger partial charge in [0.15, 0.2) is 0 Å². The van der Waals surface area contributed by atoms with Crippen LogP contribution in [0.4, 0.5) is 0 Å². The highest BCUT2D eigenvalue weighted by Gasteiger charge is 2.17. The van der Waals surface area contributed by atoms with Crippen molar-refractivity contribution in [3.8, 4) is 0 Å². The second-order valence-electron chi connectivity index (χ2n) is 5.16. The minimum absolute atomic E-state index is 0.145. The Hall–Kier alpha value is -2.12. The number of hydrogen-bond donors (Lipinski definition) is 0. The van der Waals surface area contributed by atoms with Crippen molar-refractivity contribution < 1.29 is 4.74 Å². The molecule has 0 aromatic heterocycles. The molecule has 0 saturated carbocycles. The van der Waals surface area contributed by atoms with E-state index in [9.17, 15) is 0 Å². The van der Waals surface area contributed by atoms with Crippen molar-refractivity contribution in [1.29, 1.82) is 0 Å². The predicted octanol–water partition coefficient (Wildman–Crippen LogP) is 5.47. The minimum atomic E-state index is -0.145. The molecule has 0 fully saturated rings. The number of benzene rings is 2. The summed E-state index contributed by atoms with van der Waals surface area (Å²) in [6, 6.07) is 16.5. The van der Waals surface area contributed by atoms with E-state index in [4.69, 9.17) is 4.74 Å². The number of ether oxygens (including phenoxy) is 1. The van der Waals surface area contributed by atoms with Crippen LogP contribution in [0, 0.1) is 13.8 Å². The van der Waals surface area contributed by atoms with Gasteiger partial charge in [0.25, 0.3) is 0 Å². The molecule has 1 nitrogen and oxygen atoms in total. The van der Waals surface area contributed by atoms with Crippen molar-refractivity contribution in [2.75, 3.05) is 0 Å². The Balaban J connectivity index is 2.29. The topological polar surface area (TPSA) is 9.23 Å². The third kappa shape index (κ3) is 3.50. The molecule has 0 aliphatic heterocycles. The second kappa shape index (κ2) is 7.05. The van der Waals surface area contributed by atoms with Gasteiger partial charge in [-0.15, -0.1) is 13.2 Å². The van der Waals surface area contributed by atoms with Crippen LogP contribution >= 0.6 is 0 Å². The summed E-state index contributed by atoms with van der Waals surface area (Å²) in [6.07, 6.45) is 3.40. The summed E-state index contributed by atoms with van der Waals surface area (Å²) in [6.45, 7) is 12.0. The molecular weight excluding hydrogens is 256 g/mol. The van der Waals surface area contributed by atoms with Gasteiger partial charge in [0.05, 0.1) is 0 Å². The molecule has 0 saturated heterocycles. The fraction of sp³-hybridized carbons (Fsp3) is 0.200. The van der Waals surface area contributed by atoms with Gasteiger partial charge in [-0.3, -0.25) is 0 Å². The maximum Gasteiger partial charge on any atom is 0.102 e. The van der Waals surface area contributed by atoms with Crippen molar-refractivity contribution in [2.24, 2.45) is 0 Å². The molecule has 2 aromatic rings. The normalized spacial score (nSPS) is 13.4. The van der Waals surface area contributed by atoms with Gasteiger partial charge < -0.3 is 4.74 Å². The van der Waals surface area contributed by atoms with Gasteiger partial charge in [-0.1, -0.05) is 60.7 Å². The fourth-order valence-corrected chi connectivity index (χ4v) is 2.48. The van der Waals surface area contributed by atoms with Gasteiger partial charge in [-0.05, 0) is 36.1 Å². The molecule has 2 rings (SSSR count). The number of hydrogen-bond acceptors (Lipinski definition) is 1. The molecule has 0 amide bonds. The van der Waals surface area contributed by atoms with Crippen LogP contribution in [-0.4, -0.2) is 0 Å². The van der Waals surface area contributed by atoms with E-state index in [1.165, 1.54) is 11.1 Å². The SMILES string of the molecule is C=CC(OC(C=C)c1ccccc1C)c1ccccc1C. The monoisotopic (exact) mass is 278 g/mol. The van der Waals surface area contributed by atoms with Gasteiger partial charge in [0, 0.05) is 0 Å². The summed E-state index contributed by atoms with van der Waals surface area (Å²) in [5.41, 5.74) is 4.70. The van der Waals surface area contributed by atoms with Gasteiger partial charge in [-0.2, -0.15) is 0 Å². The van der Waals surface area contributed by atoms with Crippen molar-refractivity contribution in [3.05, 3.63) is 96.1 Å². The average molecular weight is 278 g/mol. The summed E-state index contributed by atoms with van der Waals surface area (Å²) < 4.78 is 6.25. The predicted molar refractivity (Wildman–Crippen MR) is 89.3 cm³/mol. The fourth-order valence-electron chi connectivity index (χ4n) is 2.48. The van der Waals surface area contributed by atoms with Crippen LogP contribution in [0.2, 0.25) is 0 Å². The van der Waals surface area contributed by atoms with E-state index >= 15 is 0 Å². The van der Waals surface area contributed by atoms with Crippen LogP contribution in [0.15, 0.2) is 73.8 Å². The molecule has 0 aliphatic rings. The van der Waals surface area contributed by atoms with Gasteiger partial charge >= 0.3 is 0 Å². The van der Waals surface area contributed by atoms with Crippen LogP contribution < -0.4 is 0 Å². The molecule has 0 radical (unpaired) electrons. The molecule has 1 heteroatoms. The first-order valence-corrected chi connectivity index (χ1v) is 7.19. The molecular formula is C20H22O. The average Bonchev–Trinajstić information content (AvgIpc) is 2.51. The van der Waals surface area contributed by atoms with Crippen LogP contribution in [0.5, 0.6) is 0 Å². The Morgan fingerprint density at radius 1 is 0.762 bits per heavy atom. The first-order valence-electron chi connectivity index (χ1n) is 7.19. The summed E-state index contributed by atoms with van der Waals surface area (Å²) in [7, 11) is 0. The lowest BCUT2D eigenvalue weighted by Crippen LogP contribution is -2.09. The van der Waals surface area contributed by atoms with Crippen molar-refractivity contribution >= 4 is 0 Å². The van der Waals surface area contributed by atoms with E-state index in [1.807, 2.05) is 36.4 Å². The molecule has 2 aromatic carbocycles. The maximum absolute atomic E-state index is 6.25. The van der Waals surface area contributed by atoms with Gasteiger partial charge in [0.1, 0.15) is 12.2 Å². The standard InChI is InChI=1S/C20H22O/c1-5-19(17-13-9-7-11-15(17)3)21-20(6-2)18-14-10-8-12-16(18)4/h5-14,19-20H,1-2H2,3-4H3. The zero-order valence-corrected chi connectivity index (χ0v) is 12.8. The van der Waals surface area contributed by atoms with E-state index in [1.54, 1.807) is 0 Å². The van der Waals surface area contributed by atoms with E-state index in [0.29, 0.717) is 0 Å². The lowest BCUT2D eigenvalue weighted by atomic mass is 10.0. The molecule has 2 unspecified atom stereocenters. The first-order chi connectivity index (χ1) is 10.2. The third-order valence-electron chi connectivity index (χ3n) is 3.71. The van der Waals surface area contributed by atoms with Crippen LogP contribution in [0.3, 0.4) is 0 Å². The molecule has 0 aliphatic carbocycles. The summed E-state index contributed by atoms with van der Waals surface area (Å²) in [5, 5.41) is 0. The molecule has 108 valence electrons. The maximum atomic E-state index is 6.25. The van der Waals surface area contributed by atoms with E-state index in [2.05, 4.69) is 51.3 Å². The van der Waals surface area contributed by atoms with E-state index in [0.717, 1.165) is 11.1 Å². The van der Waals surface area contributed by atoms with Gasteiger partial charge in [-0.25, -0.2) is 0 Å². The molecule has 21 heavy (non-hydrogen) atoms. The Morgan fingerprint density at radius 2 is 1.14 bits per heavy atom. The van der Waals surface area contributed by atoms with E-state index < -0.39 is 0 Å². The smallest absolute Gasteiger partial charge is 0.102 e. The quantitative estimate of drug-likeness (QED) is 0.636. The zero-order chi connectivity index (χ0) is 15.2. The highest BCUT2D eigenvalue weighted by atomic mass is 16.5. The first kappa shape index (κ1) is 15.3. The lowest BCUT2D eigenvalue weighted by Gasteiger charge is -2.23. The Labute approximate surface area is 127 Å². The number of rotatable bonds is 6. The lowest BCUT2D eigenvalue weighted by molar-refractivity contribution is 0.0396. The highest BCUT2D eigenvalue weighted by molar-refractivity contribution is 5.32. The highest BCUT2D eigenvalue weighted by Crippen LogP contribution is 2.31. The summed E-state index contributed by atoms with van der Waals surface area (Å²) >= 11 is 0. The van der Waals surface area contributed by atoms with Crippen molar-refractivity contribution in [1.82, 2.24) is 0 Å². The van der Waals surface area contributed by atoms with Crippen molar-refractivity contribution in [2.45, 2.75) is 26.1 Å². The largest absolute Gasteiger partial charge is 0.357 e. The van der Waals surface area contributed by atoms with E-state index in [-0.39, 0.29) is 12.2 Å². The Morgan fingerprint density at radius 3 is 1.48 bits per heavy atom. The third-order valence-corrected chi connectivity index (χ3v) is 3.71.